The lowest BCUT2D eigenvalue weighted by molar-refractivity contribution is -0.140. The van der Waals surface area contributed by atoms with Crippen LogP contribution in [-0.2, 0) is 23.8 Å². The predicted octanol–water partition coefficient (Wildman–Crippen LogP) is 1.57. The molecule has 0 radical (unpaired) electrons. The van der Waals surface area contributed by atoms with E-state index in [1.54, 1.807) is 15.8 Å². The Morgan fingerprint density at radius 3 is 2.31 bits per heavy atom. The van der Waals surface area contributed by atoms with Crippen molar-refractivity contribution in [2.24, 2.45) is 0 Å². The number of methoxy groups -OCH3 is 2. The lowest BCUT2D eigenvalue weighted by Crippen LogP contribution is -2.38. The van der Waals surface area contributed by atoms with E-state index >= 15 is 0 Å². The summed E-state index contributed by atoms with van der Waals surface area (Å²) >= 11 is 0. The number of rotatable bonds is 4. The molecule has 1 aromatic carbocycles. The minimum atomic E-state index is -0.626. The van der Waals surface area contributed by atoms with Gasteiger partial charge < -0.3 is 19.1 Å². The molecule has 0 bridgehead atoms. The van der Waals surface area contributed by atoms with Gasteiger partial charge in [0, 0.05) is 11.9 Å². The number of esters is 2. The summed E-state index contributed by atoms with van der Waals surface area (Å²) in [6.45, 7) is 2.06. The monoisotopic (exact) mass is 357 g/mol. The van der Waals surface area contributed by atoms with Crippen LogP contribution < -0.4 is 4.90 Å². The summed E-state index contributed by atoms with van der Waals surface area (Å²) < 4.78 is 16.8. The smallest absolute Gasteiger partial charge is 0.355 e. The summed E-state index contributed by atoms with van der Waals surface area (Å²) in [4.78, 5) is 25.9. The van der Waals surface area contributed by atoms with E-state index in [9.17, 15) is 9.59 Å². The zero-order valence-corrected chi connectivity index (χ0v) is 14.8. The van der Waals surface area contributed by atoms with E-state index in [-0.39, 0.29) is 24.6 Å². The van der Waals surface area contributed by atoms with Crippen LogP contribution in [0, 0.1) is 6.92 Å². The van der Waals surface area contributed by atoms with Gasteiger partial charge in [-0.05, 0) is 36.8 Å². The largest absolute Gasteiger partial charge is 0.466 e. The van der Waals surface area contributed by atoms with Crippen LogP contribution in [0.3, 0.4) is 0 Å². The zero-order valence-electron chi connectivity index (χ0n) is 14.8. The molecule has 0 saturated heterocycles. The fourth-order valence-corrected chi connectivity index (χ4v) is 2.69. The van der Waals surface area contributed by atoms with Crippen LogP contribution in [0.15, 0.2) is 47.9 Å². The Morgan fingerprint density at radius 2 is 1.73 bits per heavy atom. The standard InChI is InChI=1S/C18H19N3O5/c1-12-8-19-21(9-12)14-6-4-13(5-7-14)20-11-26-10-15(17(22)24-2)16(20)18(23)25-3/h4-9H,10-11H2,1-3H3. The number of hydrogen-bond donors (Lipinski definition) is 0. The molecule has 8 nitrogen and oxygen atoms in total. The Labute approximate surface area is 150 Å². The summed E-state index contributed by atoms with van der Waals surface area (Å²) in [6, 6.07) is 7.36. The van der Waals surface area contributed by atoms with Crippen molar-refractivity contribution >= 4 is 17.6 Å². The van der Waals surface area contributed by atoms with E-state index in [0.29, 0.717) is 5.69 Å². The van der Waals surface area contributed by atoms with Gasteiger partial charge in [0.25, 0.3) is 0 Å². The number of anilines is 1. The van der Waals surface area contributed by atoms with Crippen LogP contribution in [0.1, 0.15) is 5.56 Å². The Kier molecular flexibility index (Phi) is 5.04. The maximum Gasteiger partial charge on any atom is 0.355 e. The Bertz CT molecular complexity index is 854. The molecule has 2 heterocycles. The Morgan fingerprint density at radius 1 is 1.08 bits per heavy atom. The zero-order chi connectivity index (χ0) is 18.7. The van der Waals surface area contributed by atoms with Gasteiger partial charge in [0.05, 0.1) is 38.3 Å². The molecule has 136 valence electrons. The van der Waals surface area contributed by atoms with Crippen molar-refractivity contribution < 1.29 is 23.8 Å². The first-order chi connectivity index (χ1) is 12.5. The maximum atomic E-state index is 12.3. The van der Waals surface area contributed by atoms with Gasteiger partial charge in [0.1, 0.15) is 12.4 Å². The number of aryl methyl sites for hydroxylation is 1. The highest BCUT2D eigenvalue weighted by Crippen LogP contribution is 2.27. The molecular formula is C18H19N3O5. The van der Waals surface area contributed by atoms with Crippen molar-refractivity contribution in [1.29, 1.82) is 0 Å². The molecular weight excluding hydrogens is 338 g/mol. The molecule has 1 aromatic heterocycles. The molecule has 0 atom stereocenters. The van der Waals surface area contributed by atoms with Crippen molar-refractivity contribution in [3.63, 3.8) is 0 Å². The molecule has 0 saturated carbocycles. The Balaban J connectivity index is 1.98. The fraction of sp³-hybridized carbons (Fsp3) is 0.278. The fourth-order valence-electron chi connectivity index (χ4n) is 2.69. The molecule has 0 N–H and O–H groups in total. The van der Waals surface area contributed by atoms with Gasteiger partial charge in [-0.2, -0.15) is 5.10 Å². The van der Waals surface area contributed by atoms with Gasteiger partial charge in [0.2, 0.25) is 0 Å². The minimum absolute atomic E-state index is 0.0156. The van der Waals surface area contributed by atoms with Crippen LogP contribution in [0.2, 0.25) is 0 Å². The highest BCUT2D eigenvalue weighted by Gasteiger charge is 2.32. The third-order valence-corrected chi connectivity index (χ3v) is 3.97. The van der Waals surface area contributed by atoms with Gasteiger partial charge in [-0.25, -0.2) is 14.3 Å². The lowest BCUT2D eigenvalue weighted by atomic mass is 10.1. The highest BCUT2D eigenvalue weighted by atomic mass is 16.5. The summed E-state index contributed by atoms with van der Waals surface area (Å²) in [5.41, 5.74) is 2.85. The van der Waals surface area contributed by atoms with Crippen molar-refractivity contribution in [2.45, 2.75) is 6.92 Å². The van der Waals surface area contributed by atoms with E-state index in [2.05, 4.69) is 5.10 Å². The average Bonchev–Trinajstić information content (AvgIpc) is 3.12. The summed E-state index contributed by atoms with van der Waals surface area (Å²) in [5, 5.41) is 4.26. The molecule has 1 aliphatic rings. The number of ether oxygens (including phenoxy) is 3. The predicted molar refractivity (Wildman–Crippen MR) is 92.7 cm³/mol. The molecule has 8 heteroatoms. The quantitative estimate of drug-likeness (QED) is 0.768. The molecule has 26 heavy (non-hydrogen) atoms. The van der Waals surface area contributed by atoms with Crippen molar-refractivity contribution in [1.82, 2.24) is 9.78 Å². The van der Waals surface area contributed by atoms with Crippen LogP contribution in [-0.4, -0.2) is 49.3 Å². The maximum absolute atomic E-state index is 12.3. The minimum Gasteiger partial charge on any atom is -0.466 e. The number of hydrogen-bond acceptors (Lipinski definition) is 7. The Hall–Kier alpha value is -3.13. The van der Waals surface area contributed by atoms with E-state index in [1.165, 1.54) is 14.2 Å². The molecule has 0 fully saturated rings. The normalized spacial score (nSPS) is 14.3. The summed E-state index contributed by atoms with van der Waals surface area (Å²) in [7, 11) is 2.52. The van der Waals surface area contributed by atoms with Gasteiger partial charge in [-0.15, -0.1) is 0 Å². The van der Waals surface area contributed by atoms with Gasteiger partial charge in [-0.3, -0.25) is 0 Å². The first-order valence-corrected chi connectivity index (χ1v) is 7.92. The molecule has 0 unspecified atom stereocenters. The lowest BCUT2D eigenvalue weighted by Gasteiger charge is -2.31. The topological polar surface area (TPSA) is 82.9 Å². The molecule has 0 spiro atoms. The van der Waals surface area contributed by atoms with Gasteiger partial charge >= 0.3 is 11.9 Å². The number of nitrogens with zero attached hydrogens (tertiary/aromatic N) is 3. The third kappa shape index (κ3) is 3.31. The van der Waals surface area contributed by atoms with Crippen LogP contribution in [0.4, 0.5) is 5.69 Å². The molecule has 3 rings (SSSR count). The van der Waals surface area contributed by atoms with Crippen molar-refractivity contribution in [2.75, 3.05) is 32.5 Å². The highest BCUT2D eigenvalue weighted by molar-refractivity contribution is 6.03. The van der Waals surface area contributed by atoms with E-state index < -0.39 is 11.9 Å². The second-order valence-electron chi connectivity index (χ2n) is 5.69. The second-order valence-corrected chi connectivity index (χ2v) is 5.69. The molecule has 0 aliphatic carbocycles. The van der Waals surface area contributed by atoms with E-state index in [1.807, 2.05) is 37.4 Å². The molecule has 2 aromatic rings. The van der Waals surface area contributed by atoms with Crippen LogP contribution >= 0.6 is 0 Å². The first kappa shape index (κ1) is 17.7. The number of carbonyl (C=O) groups excluding carboxylic acids is 2. The second kappa shape index (κ2) is 7.40. The van der Waals surface area contributed by atoms with E-state index in [4.69, 9.17) is 14.2 Å². The first-order valence-electron chi connectivity index (χ1n) is 7.92. The SMILES string of the molecule is COC(=O)C1=C(C(=O)OC)N(c2ccc(-n3cc(C)cn3)cc2)COC1. The van der Waals surface area contributed by atoms with Crippen LogP contribution in [0.5, 0.6) is 0 Å². The van der Waals surface area contributed by atoms with Crippen molar-refractivity contribution in [3.8, 4) is 5.69 Å². The molecule has 0 amide bonds. The van der Waals surface area contributed by atoms with Crippen LogP contribution in [0.25, 0.3) is 5.69 Å². The van der Waals surface area contributed by atoms with Gasteiger partial charge in [0.15, 0.2) is 0 Å². The summed E-state index contributed by atoms with van der Waals surface area (Å²) in [6.07, 6.45) is 3.68. The number of aromatic nitrogens is 2. The van der Waals surface area contributed by atoms with Gasteiger partial charge in [-0.1, -0.05) is 0 Å². The molecule has 1 aliphatic heterocycles. The summed E-state index contributed by atoms with van der Waals surface area (Å²) in [5.74, 6) is -1.25. The number of benzene rings is 1. The van der Waals surface area contributed by atoms with E-state index in [0.717, 1.165) is 11.3 Å². The average molecular weight is 357 g/mol. The van der Waals surface area contributed by atoms with Crippen molar-refractivity contribution in [3.05, 3.63) is 53.5 Å². The third-order valence-electron chi connectivity index (χ3n) is 3.97. The number of carbonyl (C=O) groups is 2.